The van der Waals surface area contributed by atoms with E-state index >= 15 is 0 Å². The maximum Gasteiger partial charge on any atom is 0.365 e. The summed E-state index contributed by atoms with van der Waals surface area (Å²) in [5, 5.41) is 15.2. The van der Waals surface area contributed by atoms with Crippen molar-refractivity contribution in [1.82, 2.24) is 0 Å². The molecule has 0 bridgehead atoms. The van der Waals surface area contributed by atoms with E-state index in [1.807, 2.05) is 0 Å². The minimum Gasteiger partial charge on any atom is -0.296 e. The van der Waals surface area contributed by atoms with E-state index in [1.165, 1.54) is 12.8 Å². The fourth-order valence-corrected chi connectivity index (χ4v) is 0.197. The van der Waals surface area contributed by atoms with Gasteiger partial charge in [-0.2, -0.15) is 10.5 Å². The van der Waals surface area contributed by atoms with Gasteiger partial charge in [-0.25, -0.2) is 9.59 Å². The minimum absolute atomic E-state index is 0.582. The first kappa shape index (κ1) is 15.1. The van der Waals surface area contributed by atoms with Crippen LogP contribution < -0.4 is 0 Å². The minimum atomic E-state index is -1.13. The molecule has 0 aromatic carbocycles. The molecule has 0 amide bonds. The van der Waals surface area contributed by atoms with Crippen molar-refractivity contribution in [3.05, 3.63) is 12.2 Å². The molecule has 2 N–H and O–H groups in total. The zero-order chi connectivity index (χ0) is 11.4. The predicted octanol–water partition coefficient (Wildman–Crippen LogP) is 1.38. The summed E-state index contributed by atoms with van der Waals surface area (Å²) < 4.78 is 0. The van der Waals surface area contributed by atoms with Crippen LogP contribution in [-0.4, -0.2) is 22.5 Å². The fourth-order valence-electron chi connectivity index (χ4n) is 0.197. The molecule has 0 fully saturated rings. The van der Waals surface area contributed by atoms with Crippen molar-refractivity contribution in [1.29, 1.82) is 0 Å². The molecule has 0 spiro atoms. The highest BCUT2D eigenvalue weighted by atomic mass is 17.1. The molecule has 0 saturated carbocycles. The summed E-state index contributed by atoms with van der Waals surface area (Å²) in [6, 6.07) is 0. The molecule has 0 atom stereocenters. The summed E-state index contributed by atoms with van der Waals surface area (Å²) in [6.45, 7) is 4.36. The SMILES string of the molecule is CCCC.O=C(/C=C/C(=O)OO)OO. The lowest BCUT2D eigenvalue weighted by molar-refractivity contribution is -0.230. The Balaban J connectivity index is 0. The summed E-state index contributed by atoms with van der Waals surface area (Å²) in [7, 11) is 0. The maximum absolute atomic E-state index is 9.98. The lowest BCUT2D eigenvalue weighted by Gasteiger charge is -1.85. The number of carbonyl (C=O) groups excluding carboxylic acids is 2. The Morgan fingerprint density at radius 2 is 1.29 bits per heavy atom. The van der Waals surface area contributed by atoms with Gasteiger partial charge in [-0.1, -0.05) is 26.7 Å². The maximum atomic E-state index is 9.98. The molecule has 0 aliphatic carbocycles. The lowest BCUT2D eigenvalue weighted by atomic mass is 10.4. The van der Waals surface area contributed by atoms with Gasteiger partial charge >= 0.3 is 11.9 Å². The predicted molar refractivity (Wildman–Crippen MR) is 47.2 cm³/mol. The van der Waals surface area contributed by atoms with Crippen LogP contribution >= 0.6 is 0 Å². The molecule has 0 unspecified atom stereocenters. The van der Waals surface area contributed by atoms with Gasteiger partial charge in [0.25, 0.3) is 0 Å². The van der Waals surface area contributed by atoms with Crippen molar-refractivity contribution in [3.8, 4) is 0 Å². The molecule has 0 heterocycles. The van der Waals surface area contributed by atoms with Gasteiger partial charge in [0.1, 0.15) is 0 Å². The number of carbonyl (C=O) groups is 2. The van der Waals surface area contributed by atoms with Crippen molar-refractivity contribution < 1.29 is 29.9 Å². The van der Waals surface area contributed by atoms with E-state index in [1.54, 1.807) is 0 Å². The van der Waals surface area contributed by atoms with Gasteiger partial charge in [0.2, 0.25) is 0 Å². The van der Waals surface area contributed by atoms with E-state index in [-0.39, 0.29) is 0 Å². The van der Waals surface area contributed by atoms with Crippen LogP contribution in [0.1, 0.15) is 26.7 Å². The van der Waals surface area contributed by atoms with Gasteiger partial charge in [0.15, 0.2) is 0 Å². The number of unbranched alkanes of at least 4 members (excludes halogenated alkanes) is 1. The molecular formula is C8H14O6. The van der Waals surface area contributed by atoms with E-state index in [0.29, 0.717) is 12.2 Å². The molecule has 0 saturated heterocycles. The molecule has 6 heteroatoms. The Labute approximate surface area is 81.6 Å². The lowest BCUT2D eigenvalue weighted by Crippen LogP contribution is -1.99. The first-order chi connectivity index (χ1) is 6.62. The molecule has 6 nitrogen and oxygen atoms in total. The van der Waals surface area contributed by atoms with Crippen LogP contribution in [0.5, 0.6) is 0 Å². The van der Waals surface area contributed by atoms with Crippen molar-refractivity contribution in [2.75, 3.05) is 0 Å². The Hall–Kier alpha value is -1.40. The van der Waals surface area contributed by atoms with Gasteiger partial charge in [-0.05, 0) is 0 Å². The quantitative estimate of drug-likeness (QED) is 0.411. The standard InChI is InChI=1S/C4H4O6.C4H10/c5-3(9-7)1-2-4(6)10-8;1-3-4-2/h1-2,7-8H;3-4H2,1-2H3/b2-1+;. The Morgan fingerprint density at radius 1 is 1.00 bits per heavy atom. The molecule has 0 aromatic heterocycles. The van der Waals surface area contributed by atoms with Crippen LogP contribution in [-0.2, 0) is 19.4 Å². The highest BCUT2D eigenvalue weighted by Crippen LogP contribution is 1.79. The monoisotopic (exact) mass is 206 g/mol. The van der Waals surface area contributed by atoms with Crippen molar-refractivity contribution in [2.24, 2.45) is 0 Å². The first-order valence-electron chi connectivity index (χ1n) is 4.01. The van der Waals surface area contributed by atoms with Crippen LogP contribution in [0.15, 0.2) is 12.2 Å². The van der Waals surface area contributed by atoms with Gasteiger partial charge in [-0.15, -0.1) is 0 Å². The fraction of sp³-hybridized carbons (Fsp3) is 0.500. The molecule has 0 rings (SSSR count). The molecule has 0 aliphatic rings. The Bertz CT molecular complexity index is 166. The number of hydrogen-bond donors (Lipinski definition) is 2. The second-order valence-electron chi connectivity index (χ2n) is 2.15. The van der Waals surface area contributed by atoms with Crippen molar-refractivity contribution in [2.45, 2.75) is 26.7 Å². The Kier molecular flexibility index (Phi) is 12.5. The largest absolute Gasteiger partial charge is 0.365 e. The molecule has 82 valence electrons. The third kappa shape index (κ3) is 13.2. The topological polar surface area (TPSA) is 93.1 Å². The summed E-state index contributed by atoms with van der Waals surface area (Å²) in [5.74, 6) is -2.27. The molecule has 0 radical (unpaired) electrons. The zero-order valence-corrected chi connectivity index (χ0v) is 8.10. The average Bonchev–Trinajstić information content (AvgIpc) is 2.25. The first-order valence-corrected chi connectivity index (χ1v) is 4.01. The second-order valence-corrected chi connectivity index (χ2v) is 2.15. The van der Waals surface area contributed by atoms with Gasteiger partial charge < -0.3 is 0 Å². The van der Waals surface area contributed by atoms with E-state index < -0.39 is 11.9 Å². The van der Waals surface area contributed by atoms with Crippen molar-refractivity contribution >= 4 is 11.9 Å². The smallest absolute Gasteiger partial charge is 0.296 e. The van der Waals surface area contributed by atoms with E-state index in [2.05, 4.69) is 23.6 Å². The summed E-state index contributed by atoms with van der Waals surface area (Å²) in [5.41, 5.74) is 0. The number of hydrogen-bond acceptors (Lipinski definition) is 6. The summed E-state index contributed by atoms with van der Waals surface area (Å²) in [6.07, 6.45) is 3.80. The van der Waals surface area contributed by atoms with Crippen LogP contribution in [0.4, 0.5) is 0 Å². The molecular weight excluding hydrogens is 192 g/mol. The van der Waals surface area contributed by atoms with E-state index in [0.717, 1.165) is 0 Å². The second kappa shape index (κ2) is 11.6. The van der Waals surface area contributed by atoms with Gasteiger partial charge in [-0.3, -0.25) is 9.78 Å². The van der Waals surface area contributed by atoms with E-state index in [4.69, 9.17) is 10.5 Å². The summed E-state index contributed by atoms with van der Waals surface area (Å²) in [4.78, 5) is 26.2. The average molecular weight is 206 g/mol. The zero-order valence-electron chi connectivity index (χ0n) is 8.10. The normalized spacial score (nSPS) is 8.86. The Morgan fingerprint density at radius 3 is 1.43 bits per heavy atom. The molecule has 0 aliphatic heterocycles. The van der Waals surface area contributed by atoms with Crippen LogP contribution in [0.2, 0.25) is 0 Å². The third-order valence-electron chi connectivity index (χ3n) is 1.04. The summed E-state index contributed by atoms with van der Waals surface area (Å²) >= 11 is 0. The van der Waals surface area contributed by atoms with Gasteiger partial charge in [0, 0.05) is 12.2 Å². The van der Waals surface area contributed by atoms with Gasteiger partial charge in [0.05, 0.1) is 0 Å². The van der Waals surface area contributed by atoms with Crippen LogP contribution in [0.25, 0.3) is 0 Å². The third-order valence-corrected chi connectivity index (χ3v) is 1.04. The highest BCUT2D eigenvalue weighted by molar-refractivity contribution is 5.91. The van der Waals surface area contributed by atoms with Crippen molar-refractivity contribution in [3.63, 3.8) is 0 Å². The van der Waals surface area contributed by atoms with E-state index in [9.17, 15) is 9.59 Å². The molecule has 0 aromatic rings. The van der Waals surface area contributed by atoms with Crippen LogP contribution in [0.3, 0.4) is 0 Å². The number of rotatable bonds is 3. The molecule has 14 heavy (non-hydrogen) atoms. The highest BCUT2D eigenvalue weighted by Gasteiger charge is 1.97. The van der Waals surface area contributed by atoms with Crippen LogP contribution in [0, 0.1) is 0 Å².